The molecule has 0 unspecified atom stereocenters. The number of methoxy groups -OCH3 is 1. The van der Waals surface area contributed by atoms with Crippen molar-refractivity contribution in [2.45, 2.75) is 33.5 Å². The molecule has 226 valence electrons. The number of aliphatic hydroxyl groups excluding tert-OH is 1. The third kappa shape index (κ3) is 6.88. The van der Waals surface area contributed by atoms with Gasteiger partial charge in [-0.3, -0.25) is 9.36 Å². The molecular formula is C33H28Cl4N4O3. The summed E-state index contributed by atoms with van der Waals surface area (Å²) < 4.78 is 8.44. The SMILES string of the molecule is COC(=O)c1nn(Cc2ccc(Cl)cc2Cl)c2cc(C)ccc12.Cc1ccc2c(CO)nn(Cc3ccc(Cl)cc3Cl)c2c1. The van der Waals surface area contributed by atoms with E-state index < -0.39 is 5.97 Å². The fourth-order valence-corrected chi connectivity index (χ4v) is 5.80. The Labute approximate surface area is 274 Å². The Morgan fingerprint density at radius 1 is 0.727 bits per heavy atom. The number of carbonyl (C=O) groups is 1. The maximum Gasteiger partial charge on any atom is 0.359 e. The molecule has 1 N–H and O–H groups in total. The second-order valence-corrected chi connectivity index (χ2v) is 12.0. The number of hydrogen-bond acceptors (Lipinski definition) is 5. The summed E-state index contributed by atoms with van der Waals surface area (Å²) in [6, 6.07) is 22.6. The number of aryl methyl sites for hydroxylation is 2. The molecule has 7 nitrogen and oxygen atoms in total. The van der Waals surface area contributed by atoms with Gasteiger partial charge in [0.25, 0.3) is 0 Å². The van der Waals surface area contributed by atoms with E-state index in [0.29, 0.717) is 44.6 Å². The minimum atomic E-state index is -0.459. The molecule has 0 fully saturated rings. The molecule has 0 spiro atoms. The van der Waals surface area contributed by atoms with Crippen molar-refractivity contribution in [3.05, 3.63) is 127 Å². The van der Waals surface area contributed by atoms with Gasteiger partial charge in [-0.15, -0.1) is 0 Å². The molecule has 4 aromatic carbocycles. The first kappa shape index (κ1) is 31.8. The summed E-state index contributed by atoms with van der Waals surface area (Å²) >= 11 is 24.3. The van der Waals surface area contributed by atoms with Gasteiger partial charge in [-0.05, 0) is 72.5 Å². The first-order chi connectivity index (χ1) is 21.1. The van der Waals surface area contributed by atoms with E-state index in [0.717, 1.165) is 44.1 Å². The topological polar surface area (TPSA) is 82.2 Å². The number of halogens is 4. The highest BCUT2D eigenvalue weighted by atomic mass is 35.5. The fourth-order valence-electron chi connectivity index (χ4n) is 4.86. The number of carbonyl (C=O) groups excluding carboxylic acids is 1. The van der Waals surface area contributed by atoms with Crippen LogP contribution in [0.4, 0.5) is 0 Å². The number of benzene rings is 4. The highest BCUT2D eigenvalue weighted by Gasteiger charge is 2.18. The zero-order chi connectivity index (χ0) is 31.5. The number of aromatic nitrogens is 4. The summed E-state index contributed by atoms with van der Waals surface area (Å²) in [7, 11) is 1.34. The highest BCUT2D eigenvalue weighted by Crippen LogP contribution is 2.27. The largest absolute Gasteiger partial charge is 0.464 e. The summed E-state index contributed by atoms with van der Waals surface area (Å²) in [6.07, 6.45) is 0. The lowest BCUT2D eigenvalue weighted by molar-refractivity contribution is 0.0595. The molecule has 0 saturated carbocycles. The normalized spacial score (nSPS) is 11.1. The van der Waals surface area contributed by atoms with Crippen LogP contribution in [0.2, 0.25) is 20.1 Å². The molecule has 0 saturated heterocycles. The van der Waals surface area contributed by atoms with Gasteiger partial charge in [-0.2, -0.15) is 10.2 Å². The molecule has 2 aromatic heterocycles. The fraction of sp³-hybridized carbons (Fsp3) is 0.182. The van der Waals surface area contributed by atoms with Gasteiger partial charge in [0.05, 0.1) is 43.5 Å². The van der Waals surface area contributed by atoms with Gasteiger partial charge in [-0.1, -0.05) is 82.8 Å². The van der Waals surface area contributed by atoms with Gasteiger partial charge in [0.2, 0.25) is 0 Å². The number of hydrogen-bond donors (Lipinski definition) is 1. The van der Waals surface area contributed by atoms with Crippen molar-refractivity contribution in [1.29, 1.82) is 0 Å². The lowest BCUT2D eigenvalue weighted by Crippen LogP contribution is -2.06. The van der Waals surface area contributed by atoms with E-state index in [1.807, 2.05) is 67.1 Å². The molecule has 0 bridgehead atoms. The second-order valence-electron chi connectivity index (χ2n) is 10.3. The van der Waals surface area contributed by atoms with Crippen LogP contribution >= 0.6 is 46.4 Å². The third-order valence-electron chi connectivity index (χ3n) is 7.09. The maximum absolute atomic E-state index is 11.9. The Hall–Kier alpha value is -3.59. The summed E-state index contributed by atoms with van der Waals surface area (Å²) in [5.74, 6) is -0.459. The van der Waals surface area contributed by atoms with Crippen LogP contribution in [-0.4, -0.2) is 37.7 Å². The van der Waals surface area contributed by atoms with E-state index in [2.05, 4.69) is 16.3 Å². The lowest BCUT2D eigenvalue weighted by Gasteiger charge is -2.07. The summed E-state index contributed by atoms with van der Waals surface area (Å²) in [6.45, 7) is 4.92. The van der Waals surface area contributed by atoms with Crippen LogP contribution in [0.1, 0.15) is 38.4 Å². The van der Waals surface area contributed by atoms with Gasteiger partial charge in [-0.25, -0.2) is 4.79 Å². The first-order valence-corrected chi connectivity index (χ1v) is 15.1. The van der Waals surface area contributed by atoms with Crippen molar-refractivity contribution >= 4 is 74.2 Å². The van der Waals surface area contributed by atoms with Gasteiger partial charge in [0.1, 0.15) is 0 Å². The third-order valence-corrected chi connectivity index (χ3v) is 8.26. The van der Waals surface area contributed by atoms with Gasteiger partial charge >= 0.3 is 5.97 Å². The van der Waals surface area contributed by atoms with Crippen molar-refractivity contribution < 1.29 is 14.6 Å². The predicted octanol–water partition coefficient (Wildman–Crippen LogP) is 8.68. The molecule has 44 heavy (non-hydrogen) atoms. The molecule has 0 radical (unpaired) electrons. The molecular weight excluding hydrogens is 642 g/mol. The summed E-state index contributed by atoms with van der Waals surface area (Å²) in [4.78, 5) is 11.9. The standard InChI is InChI=1S/C17H14Cl2N2O2.C16H14Cl2N2O/c1-10-3-6-13-15(7-10)21(20-16(13)17(22)23-2)9-11-4-5-12(18)8-14(11)19;1-10-2-5-13-15(9-21)19-20(16(13)6-10)8-11-3-4-12(17)7-14(11)18/h3-8H,9H2,1-2H3;2-7,21H,8-9H2,1H3. The van der Waals surface area contributed by atoms with Crippen LogP contribution in [0.5, 0.6) is 0 Å². The monoisotopic (exact) mass is 668 g/mol. The van der Waals surface area contributed by atoms with Gasteiger partial charge in [0, 0.05) is 30.9 Å². The van der Waals surface area contributed by atoms with Crippen molar-refractivity contribution in [2.75, 3.05) is 7.11 Å². The maximum atomic E-state index is 11.9. The second kappa shape index (κ2) is 13.6. The Morgan fingerprint density at radius 3 is 1.73 bits per heavy atom. The minimum absolute atomic E-state index is 0.0824. The van der Waals surface area contributed by atoms with Crippen molar-refractivity contribution in [1.82, 2.24) is 19.6 Å². The van der Waals surface area contributed by atoms with Crippen LogP contribution < -0.4 is 0 Å². The number of rotatable bonds is 6. The number of ether oxygens (including phenoxy) is 1. The van der Waals surface area contributed by atoms with E-state index in [1.165, 1.54) is 7.11 Å². The molecule has 0 aliphatic carbocycles. The van der Waals surface area contributed by atoms with E-state index in [9.17, 15) is 9.90 Å². The van der Waals surface area contributed by atoms with Crippen LogP contribution in [0, 0.1) is 13.8 Å². The molecule has 0 amide bonds. The molecule has 11 heteroatoms. The smallest absolute Gasteiger partial charge is 0.359 e. The number of nitrogens with zero attached hydrogens (tertiary/aromatic N) is 4. The minimum Gasteiger partial charge on any atom is -0.464 e. The number of fused-ring (bicyclic) bond motifs is 2. The predicted molar refractivity (Wildman–Crippen MR) is 177 cm³/mol. The molecule has 0 aliphatic heterocycles. The van der Waals surface area contributed by atoms with E-state index in [4.69, 9.17) is 51.1 Å². The van der Waals surface area contributed by atoms with E-state index in [-0.39, 0.29) is 6.61 Å². The first-order valence-electron chi connectivity index (χ1n) is 13.6. The Bertz CT molecular complexity index is 2000. The summed E-state index contributed by atoms with van der Waals surface area (Å²) in [5, 5.41) is 22.4. The zero-order valence-electron chi connectivity index (χ0n) is 24.1. The Kier molecular flexibility index (Phi) is 9.83. The van der Waals surface area contributed by atoms with Crippen LogP contribution in [0.3, 0.4) is 0 Å². The van der Waals surface area contributed by atoms with Crippen LogP contribution in [-0.2, 0) is 24.4 Å². The Morgan fingerprint density at radius 2 is 1.23 bits per heavy atom. The number of esters is 1. The molecule has 0 aliphatic rings. The van der Waals surface area contributed by atoms with Gasteiger partial charge < -0.3 is 9.84 Å². The van der Waals surface area contributed by atoms with Crippen molar-refractivity contribution in [3.63, 3.8) is 0 Å². The van der Waals surface area contributed by atoms with Gasteiger partial charge in [0.15, 0.2) is 5.69 Å². The quantitative estimate of drug-likeness (QED) is 0.180. The highest BCUT2D eigenvalue weighted by molar-refractivity contribution is 6.35. The average Bonchev–Trinajstić information content (AvgIpc) is 3.53. The lowest BCUT2D eigenvalue weighted by atomic mass is 10.1. The zero-order valence-corrected chi connectivity index (χ0v) is 27.1. The average molecular weight is 670 g/mol. The summed E-state index contributed by atoms with van der Waals surface area (Å²) in [5.41, 5.74) is 6.87. The molecule has 2 heterocycles. The molecule has 6 rings (SSSR count). The van der Waals surface area contributed by atoms with Crippen LogP contribution in [0.25, 0.3) is 21.8 Å². The van der Waals surface area contributed by atoms with E-state index in [1.54, 1.807) is 22.9 Å². The number of aliphatic hydroxyl groups is 1. The molecule has 6 aromatic rings. The molecule has 0 atom stereocenters. The van der Waals surface area contributed by atoms with Crippen molar-refractivity contribution in [2.24, 2.45) is 0 Å². The van der Waals surface area contributed by atoms with E-state index >= 15 is 0 Å². The van der Waals surface area contributed by atoms with Crippen molar-refractivity contribution in [3.8, 4) is 0 Å². The van der Waals surface area contributed by atoms with Crippen LogP contribution in [0.15, 0.2) is 72.8 Å². The Balaban J connectivity index is 0.000000175.